The summed E-state index contributed by atoms with van der Waals surface area (Å²) in [5.41, 5.74) is 3.64. The van der Waals surface area contributed by atoms with Crippen LogP contribution in [-0.4, -0.2) is 36.9 Å². The van der Waals surface area contributed by atoms with Crippen molar-refractivity contribution in [2.24, 2.45) is 5.10 Å². The van der Waals surface area contributed by atoms with Crippen LogP contribution in [0.4, 0.5) is 0 Å². The van der Waals surface area contributed by atoms with Crippen LogP contribution in [0.15, 0.2) is 65.8 Å². The highest BCUT2D eigenvalue weighted by Gasteiger charge is 2.08. The normalized spacial score (nSPS) is 10.8. The second-order valence-electron chi connectivity index (χ2n) is 5.85. The van der Waals surface area contributed by atoms with E-state index in [1.807, 2.05) is 30.3 Å². The Labute approximate surface area is 161 Å². The molecule has 0 bridgehead atoms. The zero-order chi connectivity index (χ0) is 19.9. The van der Waals surface area contributed by atoms with Gasteiger partial charge in [0.2, 0.25) is 0 Å². The van der Waals surface area contributed by atoms with Crippen LogP contribution >= 0.6 is 0 Å². The van der Waals surface area contributed by atoms with Crippen LogP contribution in [0.25, 0.3) is 10.8 Å². The molecule has 0 spiro atoms. The summed E-state index contributed by atoms with van der Waals surface area (Å²) in [5, 5.41) is 14.7. The molecular weight excluding hydrogens is 360 g/mol. The van der Waals surface area contributed by atoms with Gasteiger partial charge in [-0.25, -0.2) is 10.2 Å². The number of hydrogen-bond donors (Lipinski definition) is 2. The standard InChI is InChI=1S/C21H18N2O5/c1-27-19-10-14(6-9-18(19)28-13-20(24)25)12-22-23-21(26)17-8-7-15-4-2-3-5-16(15)11-17/h2-12H,13H2,1H3,(H,23,26)(H,24,25)/b22-12-. The Hall–Kier alpha value is -3.87. The first-order chi connectivity index (χ1) is 13.6. The fourth-order valence-electron chi connectivity index (χ4n) is 2.58. The average Bonchev–Trinajstić information content (AvgIpc) is 2.72. The number of methoxy groups -OCH3 is 1. The molecule has 2 N–H and O–H groups in total. The molecular formula is C21H18N2O5. The molecule has 1 amide bonds. The number of fused-ring (bicyclic) bond motifs is 1. The van der Waals surface area contributed by atoms with Crippen molar-refractivity contribution in [2.45, 2.75) is 0 Å². The average molecular weight is 378 g/mol. The molecule has 0 aliphatic carbocycles. The topological polar surface area (TPSA) is 97.2 Å². The van der Waals surface area contributed by atoms with E-state index in [2.05, 4.69) is 10.5 Å². The summed E-state index contributed by atoms with van der Waals surface area (Å²) < 4.78 is 10.3. The third-order valence-corrected chi connectivity index (χ3v) is 3.93. The Bertz CT molecular complexity index is 1050. The SMILES string of the molecule is COc1cc(/C=N\NC(=O)c2ccc3ccccc3c2)ccc1OCC(=O)O. The van der Waals surface area contributed by atoms with Gasteiger partial charge in [0, 0.05) is 5.56 Å². The number of carboxylic acid groups (broad SMARTS) is 1. The number of aliphatic carboxylic acids is 1. The number of carbonyl (C=O) groups is 2. The minimum atomic E-state index is -1.08. The molecule has 0 saturated carbocycles. The van der Waals surface area contributed by atoms with E-state index in [-0.39, 0.29) is 5.91 Å². The van der Waals surface area contributed by atoms with Gasteiger partial charge in [-0.2, -0.15) is 5.10 Å². The molecule has 0 heterocycles. The number of nitrogens with zero attached hydrogens (tertiary/aromatic N) is 1. The van der Waals surface area contributed by atoms with Crippen molar-refractivity contribution in [1.29, 1.82) is 0 Å². The van der Waals surface area contributed by atoms with E-state index in [0.29, 0.717) is 22.6 Å². The fourth-order valence-corrected chi connectivity index (χ4v) is 2.58. The van der Waals surface area contributed by atoms with Crippen LogP contribution in [0.2, 0.25) is 0 Å². The number of carboxylic acids is 1. The lowest BCUT2D eigenvalue weighted by Gasteiger charge is -2.09. The lowest BCUT2D eigenvalue weighted by atomic mass is 10.1. The molecule has 3 aromatic carbocycles. The van der Waals surface area contributed by atoms with Gasteiger partial charge in [-0.1, -0.05) is 30.3 Å². The number of carbonyl (C=O) groups excluding carboxylic acids is 1. The molecule has 0 aromatic heterocycles. The molecule has 3 rings (SSSR count). The maximum absolute atomic E-state index is 12.3. The molecule has 0 unspecified atom stereocenters. The van der Waals surface area contributed by atoms with E-state index in [0.717, 1.165) is 10.8 Å². The van der Waals surface area contributed by atoms with E-state index in [1.54, 1.807) is 30.3 Å². The molecule has 3 aromatic rings. The first kappa shape index (κ1) is 18.9. The lowest BCUT2D eigenvalue weighted by molar-refractivity contribution is -0.139. The van der Waals surface area contributed by atoms with Crippen LogP contribution in [0, 0.1) is 0 Å². The monoisotopic (exact) mass is 378 g/mol. The van der Waals surface area contributed by atoms with Crippen LogP contribution in [-0.2, 0) is 4.79 Å². The van der Waals surface area contributed by atoms with Gasteiger partial charge in [0.25, 0.3) is 5.91 Å². The molecule has 0 atom stereocenters. The fraction of sp³-hybridized carbons (Fsp3) is 0.0952. The summed E-state index contributed by atoms with van der Waals surface area (Å²) in [6, 6.07) is 18.1. The number of amides is 1. The number of hydrogen-bond acceptors (Lipinski definition) is 5. The molecule has 0 aliphatic heterocycles. The molecule has 7 nitrogen and oxygen atoms in total. The highest BCUT2D eigenvalue weighted by atomic mass is 16.5. The van der Waals surface area contributed by atoms with E-state index in [9.17, 15) is 9.59 Å². The largest absolute Gasteiger partial charge is 0.493 e. The minimum Gasteiger partial charge on any atom is -0.493 e. The molecule has 142 valence electrons. The van der Waals surface area contributed by atoms with Gasteiger partial charge in [0.1, 0.15) is 0 Å². The van der Waals surface area contributed by atoms with Gasteiger partial charge < -0.3 is 14.6 Å². The Kier molecular flexibility index (Phi) is 5.86. The second kappa shape index (κ2) is 8.68. The summed E-state index contributed by atoms with van der Waals surface area (Å²) in [5.74, 6) is -0.729. The molecule has 0 fully saturated rings. The Morgan fingerprint density at radius 2 is 1.82 bits per heavy atom. The van der Waals surface area contributed by atoms with Crippen molar-refractivity contribution in [2.75, 3.05) is 13.7 Å². The molecule has 0 radical (unpaired) electrons. The first-order valence-electron chi connectivity index (χ1n) is 8.41. The first-order valence-corrected chi connectivity index (χ1v) is 8.41. The molecule has 28 heavy (non-hydrogen) atoms. The third kappa shape index (κ3) is 4.64. The van der Waals surface area contributed by atoms with Crippen LogP contribution < -0.4 is 14.9 Å². The zero-order valence-electron chi connectivity index (χ0n) is 15.1. The van der Waals surface area contributed by atoms with E-state index < -0.39 is 12.6 Å². The maximum Gasteiger partial charge on any atom is 0.341 e. The Morgan fingerprint density at radius 3 is 2.57 bits per heavy atom. The number of ether oxygens (including phenoxy) is 2. The van der Waals surface area contributed by atoms with Gasteiger partial charge in [0.05, 0.1) is 13.3 Å². The highest BCUT2D eigenvalue weighted by molar-refractivity contribution is 5.99. The van der Waals surface area contributed by atoms with Crippen molar-refractivity contribution in [3.05, 3.63) is 71.8 Å². The van der Waals surface area contributed by atoms with Crippen LogP contribution in [0.5, 0.6) is 11.5 Å². The van der Waals surface area contributed by atoms with Crippen molar-refractivity contribution in [3.63, 3.8) is 0 Å². The second-order valence-corrected chi connectivity index (χ2v) is 5.85. The summed E-state index contributed by atoms with van der Waals surface area (Å²) in [6.07, 6.45) is 1.46. The lowest BCUT2D eigenvalue weighted by Crippen LogP contribution is -2.17. The number of rotatable bonds is 7. The predicted octanol–water partition coefficient (Wildman–Crippen LogP) is 3.08. The third-order valence-electron chi connectivity index (χ3n) is 3.93. The van der Waals surface area contributed by atoms with Crippen LogP contribution in [0.1, 0.15) is 15.9 Å². The Morgan fingerprint density at radius 1 is 1.04 bits per heavy atom. The van der Waals surface area contributed by atoms with Gasteiger partial charge in [-0.3, -0.25) is 4.79 Å². The van der Waals surface area contributed by atoms with Crippen LogP contribution in [0.3, 0.4) is 0 Å². The maximum atomic E-state index is 12.3. The smallest absolute Gasteiger partial charge is 0.341 e. The highest BCUT2D eigenvalue weighted by Crippen LogP contribution is 2.27. The Balaban J connectivity index is 1.67. The number of nitrogens with one attached hydrogen (secondary N) is 1. The number of benzene rings is 3. The van der Waals surface area contributed by atoms with Crippen molar-refractivity contribution in [3.8, 4) is 11.5 Å². The summed E-state index contributed by atoms with van der Waals surface area (Å²) >= 11 is 0. The summed E-state index contributed by atoms with van der Waals surface area (Å²) in [4.78, 5) is 22.9. The van der Waals surface area contributed by atoms with Gasteiger partial charge in [-0.05, 0) is 46.7 Å². The number of hydrazone groups is 1. The predicted molar refractivity (Wildman–Crippen MR) is 105 cm³/mol. The summed E-state index contributed by atoms with van der Waals surface area (Å²) in [7, 11) is 1.45. The van der Waals surface area contributed by atoms with Crippen molar-refractivity contribution < 1.29 is 24.2 Å². The van der Waals surface area contributed by atoms with Gasteiger partial charge in [0.15, 0.2) is 18.1 Å². The summed E-state index contributed by atoms with van der Waals surface area (Å²) in [6.45, 7) is -0.467. The van der Waals surface area contributed by atoms with E-state index in [1.165, 1.54) is 13.3 Å². The zero-order valence-corrected chi connectivity index (χ0v) is 15.1. The molecule has 0 aliphatic rings. The molecule has 0 saturated heterocycles. The quantitative estimate of drug-likeness (QED) is 0.486. The minimum absolute atomic E-state index is 0.308. The van der Waals surface area contributed by atoms with Crippen molar-refractivity contribution in [1.82, 2.24) is 5.43 Å². The van der Waals surface area contributed by atoms with E-state index in [4.69, 9.17) is 14.6 Å². The van der Waals surface area contributed by atoms with Crippen molar-refractivity contribution >= 4 is 28.9 Å². The van der Waals surface area contributed by atoms with Gasteiger partial charge >= 0.3 is 5.97 Å². The van der Waals surface area contributed by atoms with Gasteiger partial charge in [-0.15, -0.1) is 0 Å². The molecule has 7 heteroatoms. The van der Waals surface area contributed by atoms with E-state index >= 15 is 0 Å².